The molecule has 0 unspecified atom stereocenters. The Labute approximate surface area is 243 Å². The number of alkyl halides is 2. The SMILES string of the molecule is CC.CC.CC/C(C)=C(/C=C\C(OC(F)F)=C(/C)c1cc(C)c(F)c(F)c1)Cc1ccc(CNC)cc1.O=CCO. The first-order valence-corrected chi connectivity index (χ1v) is 13.8. The molecule has 0 amide bonds. The largest absolute Gasteiger partial charge is 0.435 e. The van der Waals surface area contributed by atoms with Crippen LogP contribution in [0, 0.1) is 18.6 Å². The van der Waals surface area contributed by atoms with Gasteiger partial charge in [0.25, 0.3) is 0 Å². The molecule has 0 radical (unpaired) electrons. The lowest BCUT2D eigenvalue weighted by Crippen LogP contribution is -2.04. The molecule has 0 atom stereocenters. The number of aryl methyl sites for hydroxylation is 1. The number of rotatable bonds is 11. The van der Waals surface area contributed by atoms with E-state index in [2.05, 4.69) is 17.4 Å². The van der Waals surface area contributed by atoms with Crippen LogP contribution in [0.25, 0.3) is 5.57 Å². The molecule has 0 aliphatic carbocycles. The normalized spacial score (nSPS) is 11.7. The fraction of sp³-hybridized carbons (Fsp3) is 0.424. The molecule has 0 saturated heterocycles. The summed E-state index contributed by atoms with van der Waals surface area (Å²) >= 11 is 0. The second-order valence-electron chi connectivity index (χ2n) is 8.32. The number of carbonyl (C=O) groups is 1. The number of nitrogens with one attached hydrogen (secondary N) is 1. The van der Waals surface area contributed by atoms with Gasteiger partial charge in [-0.1, -0.05) is 70.5 Å². The van der Waals surface area contributed by atoms with Gasteiger partial charge in [0.1, 0.15) is 12.0 Å². The molecule has 2 N–H and O–H groups in total. The molecule has 0 aromatic heterocycles. The molecule has 0 aliphatic rings. The second-order valence-corrected chi connectivity index (χ2v) is 8.32. The van der Waals surface area contributed by atoms with Crippen molar-refractivity contribution in [3.63, 3.8) is 0 Å². The third-order valence-corrected chi connectivity index (χ3v) is 5.62. The van der Waals surface area contributed by atoms with Crippen LogP contribution in [0.3, 0.4) is 0 Å². The number of carbonyl (C=O) groups excluding carboxylic acids is 1. The van der Waals surface area contributed by atoms with E-state index in [0.29, 0.717) is 18.3 Å². The summed E-state index contributed by atoms with van der Waals surface area (Å²) in [5.41, 5.74) is 5.02. The summed E-state index contributed by atoms with van der Waals surface area (Å²) in [6.07, 6.45) is 5.09. The third-order valence-electron chi connectivity index (χ3n) is 5.62. The number of allylic oxidation sites excluding steroid dienone is 5. The van der Waals surface area contributed by atoms with Gasteiger partial charge in [0.2, 0.25) is 0 Å². The topological polar surface area (TPSA) is 58.6 Å². The zero-order valence-electron chi connectivity index (χ0n) is 25.9. The number of aliphatic hydroxyl groups excluding tert-OH is 1. The Morgan fingerprint density at radius 3 is 1.98 bits per heavy atom. The number of hydrogen-bond donors (Lipinski definition) is 2. The van der Waals surface area contributed by atoms with Crippen molar-refractivity contribution in [3.05, 3.63) is 99.3 Å². The lowest BCUT2D eigenvalue weighted by Gasteiger charge is -2.13. The quantitative estimate of drug-likeness (QED) is 0.121. The molecule has 4 nitrogen and oxygen atoms in total. The zero-order valence-corrected chi connectivity index (χ0v) is 25.9. The smallest absolute Gasteiger partial charge is 0.387 e. The van der Waals surface area contributed by atoms with Gasteiger partial charge in [-0.15, -0.1) is 0 Å². The fourth-order valence-electron chi connectivity index (χ4n) is 3.39. The number of benzene rings is 2. The minimum absolute atomic E-state index is 0.0915. The molecule has 0 bridgehead atoms. The van der Waals surface area contributed by atoms with Crippen molar-refractivity contribution < 1.29 is 32.2 Å². The van der Waals surface area contributed by atoms with E-state index in [1.165, 1.54) is 24.6 Å². The van der Waals surface area contributed by atoms with Gasteiger partial charge in [-0.2, -0.15) is 8.78 Å². The summed E-state index contributed by atoms with van der Waals surface area (Å²) in [4.78, 5) is 8.92. The summed E-state index contributed by atoms with van der Waals surface area (Å²) < 4.78 is 58.6. The molecule has 230 valence electrons. The van der Waals surface area contributed by atoms with Crippen LogP contribution in [0.2, 0.25) is 0 Å². The number of hydrogen-bond acceptors (Lipinski definition) is 4. The number of halogens is 4. The van der Waals surface area contributed by atoms with Crippen LogP contribution in [0.4, 0.5) is 17.6 Å². The van der Waals surface area contributed by atoms with Crippen molar-refractivity contribution in [3.8, 4) is 0 Å². The van der Waals surface area contributed by atoms with Crippen LogP contribution in [0.1, 0.15) is 77.1 Å². The lowest BCUT2D eigenvalue weighted by atomic mass is 9.97. The van der Waals surface area contributed by atoms with E-state index < -0.39 is 18.2 Å². The molecule has 41 heavy (non-hydrogen) atoms. The predicted octanol–water partition coefficient (Wildman–Crippen LogP) is 8.72. The van der Waals surface area contributed by atoms with E-state index in [1.807, 2.05) is 60.7 Å². The Hall–Kier alpha value is -3.23. The number of aliphatic hydroxyl groups is 1. The van der Waals surface area contributed by atoms with Gasteiger partial charge in [-0.05, 0) is 92.3 Å². The van der Waals surface area contributed by atoms with Crippen molar-refractivity contribution in [2.45, 2.75) is 81.4 Å². The van der Waals surface area contributed by atoms with Crippen molar-refractivity contribution in [2.24, 2.45) is 0 Å². The summed E-state index contributed by atoms with van der Waals surface area (Å²) in [5, 5.41) is 10.6. The van der Waals surface area contributed by atoms with E-state index >= 15 is 0 Å². The molecule has 0 heterocycles. The molecule has 2 aromatic rings. The minimum Gasteiger partial charge on any atom is -0.435 e. The Morgan fingerprint density at radius 2 is 1.54 bits per heavy atom. The van der Waals surface area contributed by atoms with E-state index in [0.717, 1.165) is 35.7 Å². The van der Waals surface area contributed by atoms with Crippen LogP contribution in [-0.2, 0) is 22.5 Å². The maximum Gasteiger partial charge on any atom is 0.387 e. The Bertz CT molecular complexity index is 1080. The molecule has 0 fully saturated rings. The Kier molecular flexibility index (Phi) is 22.8. The lowest BCUT2D eigenvalue weighted by molar-refractivity contribution is -0.110. The van der Waals surface area contributed by atoms with Crippen molar-refractivity contribution in [2.75, 3.05) is 13.7 Å². The van der Waals surface area contributed by atoms with Crippen LogP contribution < -0.4 is 5.32 Å². The van der Waals surface area contributed by atoms with Crippen LogP contribution in [0.15, 0.2) is 65.5 Å². The highest BCUT2D eigenvalue weighted by atomic mass is 19.3. The molecule has 8 heteroatoms. The van der Waals surface area contributed by atoms with Gasteiger partial charge in [0.15, 0.2) is 11.6 Å². The highest BCUT2D eigenvalue weighted by Crippen LogP contribution is 2.26. The summed E-state index contributed by atoms with van der Waals surface area (Å²) in [6, 6.07) is 10.6. The van der Waals surface area contributed by atoms with Crippen molar-refractivity contribution in [1.82, 2.24) is 5.32 Å². The fourth-order valence-corrected chi connectivity index (χ4v) is 3.39. The van der Waals surface area contributed by atoms with Crippen molar-refractivity contribution in [1.29, 1.82) is 0 Å². The van der Waals surface area contributed by atoms with E-state index in [1.54, 1.807) is 13.0 Å². The molecule has 0 saturated carbocycles. The first kappa shape index (κ1) is 39.9. The number of aldehydes is 1. The molecule has 2 aromatic carbocycles. The molecule has 0 aliphatic heterocycles. The summed E-state index contributed by atoms with van der Waals surface area (Å²) in [6.45, 7) is 12.4. The maximum atomic E-state index is 13.9. The maximum absolute atomic E-state index is 13.9. The molecule has 2 rings (SSSR count). The van der Waals surface area contributed by atoms with Gasteiger partial charge in [0, 0.05) is 6.54 Å². The van der Waals surface area contributed by atoms with E-state index in [9.17, 15) is 17.6 Å². The average molecular weight is 582 g/mol. The monoisotopic (exact) mass is 581 g/mol. The van der Waals surface area contributed by atoms with Crippen LogP contribution in [0.5, 0.6) is 0 Å². The van der Waals surface area contributed by atoms with Gasteiger partial charge in [-0.3, -0.25) is 0 Å². The standard InChI is InChI=1S/C27H31F4NO.C2H4O2.2C2H6/c1-6-17(2)22(14-20-7-9-21(10-8-20)16-32-5)11-12-25(33-27(30)31)19(4)23-13-18(3)26(29)24(28)15-23;3-1-2-4;2*1-2/h7-13,15,27,32H,6,14,16H2,1-5H3;1,4H,2H2;2*1-2H3/b12-11-,22-17-,25-19-;;;. The predicted molar refractivity (Wildman–Crippen MR) is 162 cm³/mol. The molecular formula is C33H47F4NO3. The zero-order chi connectivity index (χ0) is 32.0. The van der Waals surface area contributed by atoms with Gasteiger partial charge < -0.3 is 20.0 Å². The van der Waals surface area contributed by atoms with Gasteiger partial charge in [0.05, 0.1) is 6.61 Å². The van der Waals surface area contributed by atoms with Crippen LogP contribution >= 0.6 is 0 Å². The highest BCUT2D eigenvalue weighted by molar-refractivity contribution is 5.68. The average Bonchev–Trinajstić information content (AvgIpc) is 2.99. The molecular weight excluding hydrogens is 534 g/mol. The first-order valence-electron chi connectivity index (χ1n) is 13.8. The van der Waals surface area contributed by atoms with Gasteiger partial charge in [-0.25, -0.2) is 8.78 Å². The first-order chi connectivity index (χ1) is 19.6. The van der Waals surface area contributed by atoms with Crippen molar-refractivity contribution >= 4 is 11.9 Å². The van der Waals surface area contributed by atoms with Gasteiger partial charge >= 0.3 is 6.61 Å². The summed E-state index contributed by atoms with van der Waals surface area (Å²) in [5.74, 6) is -2.09. The third kappa shape index (κ3) is 15.4. The Balaban J connectivity index is 0. The van der Waals surface area contributed by atoms with Crippen LogP contribution in [-0.4, -0.2) is 31.7 Å². The highest BCUT2D eigenvalue weighted by Gasteiger charge is 2.14. The van der Waals surface area contributed by atoms with E-state index in [4.69, 9.17) is 14.6 Å². The minimum atomic E-state index is -3.05. The summed E-state index contributed by atoms with van der Waals surface area (Å²) in [7, 11) is 1.89. The Morgan fingerprint density at radius 1 is 1.00 bits per heavy atom. The number of ether oxygens (including phenoxy) is 1. The molecule has 0 spiro atoms. The van der Waals surface area contributed by atoms with E-state index in [-0.39, 0.29) is 23.5 Å². The second kappa shape index (κ2) is 23.5.